The number of aromatic nitrogens is 1. The molecule has 38 heavy (non-hydrogen) atoms. The Morgan fingerprint density at radius 3 is 1.45 bits per heavy atom. The fourth-order valence-electron chi connectivity index (χ4n) is 4.17. The summed E-state index contributed by atoms with van der Waals surface area (Å²) in [6.07, 6.45) is 1.80. The molecule has 1 aromatic heterocycles. The van der Waals surface area contributed by atoms with Gasteiger partial charge in [0.05, 0.1) is 0 Å². The van der Waals surface area contributed by atoms with Crippen molar-refractivity contribution < 1.29 is 16.5 Å². The molecule has 0 saturated carbocycles. The van der Waals surface area contributed by atoms with E-state index in [1.54, 1.807) is 6.20 Å². The van der Waals surface area contributed by atoms with Crippen molar-refractivity contribution in [3.8, 4) is 22.4 Å². The van der Waals surface area contributed by atoms with Gasteiger partial charge in [-0.05, 0) is 6.07 Å². The number of rotatable bonds is 5. The SMILES string of the molecule is [Ni+2].[c-]1ccccc1-c1[c-]c(-c2ccccn2)ccc1.c1ccc([Si](c2ccccc2)c2ccccc2)cc1. The molecule has 0 unspecified atom stereocenters. The Kier molecular flexibility index (Phi) is 9.98. The average molecular weight is 547 g/mol. The molecule has 0 aliphatic carbocycles. The van der Waals surface area contributed by atoms with Gasteiger partial charge < -0.3 is 0 Å². The summed E-state index contributed by atoms with van der Waals surface area (Å²) in [5, 5.41) is 4.31. The van der Waals surface area contributed by atoms with Crippen LogP contribution in [0.15, 0.2) is 158 Å². The molecule has 0 amide bonds. The van der Waals surface area contributed by atoms with Crippen LogP contribution in [0.25, 0.3) is 22.4 Å². The normalized spacial score (nSPS) is 10.1. The van der Waals surface area contributed by atoms with Crippen molar-refractivity contribution >= 4 is 24.4 Å². The third kappa shape index (κ3) is 7.04. The Morgan fingerprint density at radius 2 is 0.947 bits per heavy atom. The van der Waals surface area contributed by atoms with Crippen molar-refractivity contribution in [1.82, 2.24) is 4.98 Å². The van der Waals surface area contributed by atoms with Crippen molar-refractivity contribution in [2.75, 3.05) is 0 Å². The van der Waals surface area contributed by atoms with Crippen LogP contribution in [0.2, 0.25) is 0 Å². The fraction of sp³-hybridized carbons (Fsp3) is 0. The maximum atomic E-state index is 4.34. The molecule has 0 aliphatic heterocycles. The van der Waals surface area contributed by atoms with Crippen LogP contribution < -0.4 is 15.6 Å². The number of nitrogens with zero attached hydrogens (tertiary/aromatic N) is 1. The van der Waals surface area contributed by atoms with E-state index in [0.29, 0.717) is 0 Å². The Labute approximate surface area is 237 Å². The molecule has 1 radical (unpaired) electrons. The van der Waals surface area contributed by atoms with Crippen LogP contribution in [0.3, 0.4) is 0 Å². The first-order valence-corrected chi connectivity index (χ1v) is 13.8. The van der Waals surface area contributed by atoms with E-state index < -0.39 is 8.80 Å². The van der Waals surface area contributed by atoms with E-state index in [-0.39, 0.29) is 16.5 Å². The smallest absolute Gasteiger partial charge is 0.295 e. The first kappa shape index (κ1) is 27.0. The van der Waals surface area contributed by atoms with Gasteiger partial charge in [0.25, 0.3) is 0 Å². The van der Waals surface area contributed by atoms with Crippen molar-refractivity contribution in [3.63, 3.8) is 0 Å². The van der Waals surface area contributed by atoms with Crippen LogP contribution in [0.5, 0.6) is 0 Å². The van der Waals surface area contributed by atoms with Crippen molar-refractivity contribution in [1.29, 1.82) is 0 Å². The Morgan fingerprint density at radius 1 is 0.447 bits per heavy atom. The van der Waals surface area contributed by atoms with Gasteiger partial charge >= 0.3 is 16.5 Å². The van der Waals surface area contributed by atoms with Crippen molar-refractivity contribution in [2.24, 2.45) is 0 Å². The summed E-state index contributed by atoms with van der Waals surface area (Å²) in [7, 11) is -0.877. The zero-order chi connectivity index (χ0) is 25.1. The predicted molar refractivity (Wildman–Crippen MR) is 157 cm³/mol. The van der Waals surface area contributed by atoms with E-state index in [9.17, 15) is 0 Å². The number of hydrogen-bond acceptors (Lipinski definition) is 1. The van der Waals surface area contributed by atoms with E-state index >= 15 is 0 Å². The summed E-state index contributed by atoms with van der Waals surface area (Å²) >= 11 is 0. The van der Waals surface area contributed by atoms with Crippen LogP contribution in [-0.4, -0.2) is 13.8 Å². The second-order valence-corrected chi connectivity index (χ2v) is 10.9. The molecule has 1 nitrogen and oxygen atoms in total. The van der Waals surface area contributed by atoms with Gasteiger partial charge in [-0.1, -0.05) is 119 Å². The maximum Gasteiger partial charge on any atom is 2.00 e. The molecule has 0 spiro atoms. The van der Waals surface area contributed by atoms with Gasteiger partial charge in [0.15, 0.2) is 8.80 Å². The third-order valence-electron chi connectivity index (χ3n) is 5.92. The number of pyridine rings is 1. The van der Waals surface area contributed by atoms with Gasteiger partial charge in [-0.25, -0.2) is 5.56 Å². The number of benzene rings is 5. The largest absolute Gasteiger partial charge is 2.00 e. The van der Waals surface area contributed by atoms with Gasteiger partial charge in [-0.2, -0.15) is 42.0 Å². The summed E-state index contributed by atoms with van der Waals surface area (Å²) in [6.45, 7) is 0. The Bertz CT molecular complexity index is 1340. The van der Waals surface area contributed by atoms with E-state index in [1.165, 1.54) is 15.6 Å². The van der Waals surface area contributed by atoms with Crippen LogP contribution >= 0.6 is 0 Å². The summed E-state index contributed by atoms with van der Waals surface area (Å²) < 4.78 is 0. The molecule has 1 heterocycles. The standard InChI is InChI=1S/C18H15Si.C17H11N.Ni/c1-4-10-16(11-5-1)19(17-12-6-2-7-13-17)18-14-8-3-9-15-18;1-2-7-14(8-3-1)15-9-6-10-16(13-15)17-11-4-5-12-18-17;/h1-15H;1-7,9-12H;/q;-2;+2. The summed E-state index contributed by atoms with van der Waals surface area (Å²) in [5.74, 6) is 0. The van der Waals surface area contributed by atoms with E-state index in [2.05, 4.69) is 108 Å². The first-order valence-electron chi connectivity index (χ1n) is 12.3. The minimum Gasteiger partial charge on any atom is -0.295 e. The number of hydrogen-bond donors (Lipinski definition) is 0. The minimum atomic E-state index is -0.877. The minimum absolute atomic E-state index is 0. The fourth-order valence-corrected chi connectivity index (χ4v) is 6.75. The van der Waals surface area contributed by atoms with Gasteiger partial charge in [-0.15, -0.1) is 23.8 Å². The van der Waals surface area contributed by atoms with Crippen LogP contribution in [0, 0.1) is 12.1 Å². The zero-order valence-corrected chi connectivity index (χ0v) is 22.8. The van der Waals surface area contributed by atoms with Crippen molar-refractivity contribution in [3.05, 3.63) is 170 Å². The monoisotopic (exact) mass is 546 g/mol. The molecule has 3 heteroatoms. The molecule has 0 fully saturated rings. The molecule has 6 aromatic rings. The quantitative estimate of drug-likeness (QED) is 0.142. The maximum absolute atomic E-state index is 4.34. The predicted octanol–water partition coefficient (Wildman–Crippen LogP) is 6.22. The van der Waals surface area contributed by atoms with Gasteiger partial charge in [0.1, 0.15) is 0 Å². The second kappa shape index (κ2) is 14.0. The summed E-state index contributed by atoms with van der Waals surface area (Å²) in [6, 6.07) is 59.0. The van der Waals surface area contributed by atoms with Crippen LogP contribution in [-0.2, 0) is 16.5 Å². The molecule has 0 N–H and O–H groups in total. The zero-order valence-electron chi connectivity index (χ0n) is 20.8. The Hall–Kier alpha value is -4.04. The van der Waals surface area contributed by atoms with Gasteiger partial charge in [0, 0.05) is 11.9 Å². The molecule has 0 bridgehead atoms. The van der Waals surface area contributed by atoms with Gasteiger partial charge in [0.2, 0.25) is 0 Å². The van der Waals surface area contributed by atoms with E-state index in [4.69, 9.17) is 0 Å². The van der Waals surface area contributed by atoms with Crippen LogP contribution in [0.1, 0.15) is 0 Å². The average Bonchev–Trinajstić information content (AvgIpc) is 3.00. The van der Waals surface area contributed by atoms with Gasteiger partial charge in [-0.3, -0.25) is 4.98 Å². The topological polar surface area (TPSA) is 12.9 Å². The molecular weight excluding hydrogens is 521 g/mol. The van der Waals surface area contributed by atoms with Crippen LogP contribution in [0.4, 0.5) is 0 Å². The third-order valence-corrected chi connectivity index (χ3v) is 8.65. The summed E-state index contributed by atoms with van der Waals surface area (Å²) in [4.78, 5) is 4.34. The molecule has 5 aromatic carbocycles. The summed E-state index contributed by atoms with van der Waals surface area (Å²) in [5.41, 5.74) is 4.04. The molecule has 0 atom stereocenters. The molecule has 0 saturated heterocycles. The van der Waals surface area contributed by atoms with E-state index in [1.807, 2.05) is 60.7 Å². The molecule has 0 aliphatic rings. The molecule has 6 rings (SSSR count). The van der Waals surface area contributed by atoms with E-state index in [0.717, 1.165) is 22.4 Å². The molecule has 185 valence electrons. The molecular formula is C35H26NNiSi. The van der Waals surface area contributed by atoms with Crippen molar-refractivity contribution in [2.45, 2.75) is 0 Å². The first-order chi connectivity index (χ1) is 18.4. The second-order valence-electron chi connectivity index (χ2n) is 8.44. The Balaban J connectivity index is 0.000000173.